The predicted octanol–water partition coefficient (Wildman–Crippen LogP) is 5.70. The second-order valence-corrected chi connectivity index (χ2v) is 7.33. The van der Waals surface area contributed by atoms with Crippen LogP contribution in [0.25, 0.3) is 0 Å². The van der Waals surface area contributed by atoms with Crippen molar-refractivity contribution in [1.82, 2.24) is 9.78 Å². The number of aromatic nitrogens is 2. The molecule has 6 nitrogen and oxygen atoms in total. The van der Waals surface area contributed by atoms with Crippen molar-refractivity contribution in [3.05, 3.63) is 100.0 Å². The third-order valence-corrected chi connectivity index (χ3v) is 4.96. The number of carbonyl (C=O) groups excluding carboxylic acids is 1. The van der Waals surface area contributed by atoms with Crippen LogP contribution in [0.5, 0.6) is 5.75 Å². The van der Waals surface area contributed by atoms with Crippen LogP contribution in [0, 0.1) is 29.1 Å². The predicted molar refractivity (Wildman–Crippen MR) is 110 cm³/mol. The Morgan fingerprint density at radius 1 is 1.00 bits per heavy atom. The van der Waals surface area contributed by atoms with E-state index in [1.54, 1.807) is 23.0 Å². The van der Waals surface area contributed by atoms with Crippen molar-refractivity contribution in [3.63, 3.8) is 0 Å². The number of furan rings is 1. The average molecular weight is 498 g/mol. The molecular weight excluding hydrogens is 485 g/mol. The summed E-state index contributed by atoms with van der Waals surface area (Å²) < 4.78 is 78.5. The number of ether oxygens (including phenoxy) is 1. The average Bonchev–Trinajstić information content (AvgIpc) is 3.47. The molecule has 0 radical (unpaired) electrons. The molecular formula is C22H13ClF5N3O3. The molecule has 0 fully saturated rings. The lowest BCUT2D eigenvalue weighted by Crippen LogP contribution is -2.10. The second-order valence-electron chi connectivity index (χ2n) is 6.93. The van der Waals surface area contributed by atoms with E-state index in [9.17, 15) is 26.7 Å². The minimum Gasteiger partial charge on any atom is -0.479 e. The van der Waals surface area contributed by atoms with Crippen LogP contribution < -0.4 is 10.1 Å². The Morgan fingerprint density at radius 3 is 2.38 bits per heavy atom. The first-order valence-electron chi connectivity index (χ1n) is 9.54. The maximum Gasteiger partial charge on any atom is 0.291 e. The molecule has 0 saturated carbocycles. The van der Waals surface area contributed by atoms with E-state index in [1.165, 1.54) is 18.3 Å². The molecule has 0 saturated heterocycles. The van der Waals surface area contributed by atoms with Gasteiger partial charge in [0.05, 0.1) is 18.4 Å². The van der Waals surface area contributed by atoms with Crippen molar-refractivity contribution in [2.75, 3.05) is 5.32 Å². The summed E-state index contributed by atoms with van der Waals surface area (Å²) in [5.41, 5.74) is 1.18. The van der Waals surface area contributed by atoms with E-state index in [0.717, 1.165) is 5.56 Å². The Bertz CT molecular complexity index is 1340. The highest BCUT2D eigenvalue weighted by Crippen LogP contribution is 2.30. The number of nitrogens with zero attached hydrogens (tertiary/aromatic N) is 2. The van der Waals surface area contributed by atoms with Crippen LogP contribution in [0.4, 0.5) is 27.6 Å². The molecule has 4 rings (SSSR count). The lowest BCUT2D eigenvalue weighted by atomic mass is 10.2. The fourth-order valence-electron chi connectivity index (χ4n) is 2.94. The standard InChI is InChI=1S/C22H13ClF5N3O3/c23-14-4-2-1-3-11(14)8-31-9-12(7-29-31)30-22(32)15-6-5-13(34-15)10-33-21-19(27)17(25)16(24)18(26)20(21)28/h1-7,9H,8,10H2,(H,30,32). The number of carbonyl (C=O) groups is 1. The van der Waals surface area contributed by atoms with Crippen molar-refractivity contribution < 1.29 is 35.9 Å². The number of nitrogens with one attached hydrogen (secondary N) is 1. The highest BCUT2D eigenvalue weighted by Gasteiger charge is 2.27. The van der Waals surface area contributed by atoms with Gasteiger partial charge in [0.15, 0.2) is 11.5 Å². The Hall–Kier alpha value is -3.86. The van der Waals surface area contributed by atoms with Gasteiger partial charge in [0.2, 0.25) is 29.1 Å². The monoisotopic (exact) mass is 497 g/mol. The SMILES string of the molecule is O=C(Nc1cnn(Cc2ccccc2Cl)c1)c1ccc(COc2c(F)c(F)c(F)c(F)c2F)o1. The Balaban J connectivity index is 1.39. The van der Waals surface area contributed by atoms with Crippen molar-refractivity contribution in [3.8, 4) is 5.75 Å². The molecule has 0 atom stereocenters. The number of amides is 1. The van der Waals surface area contributed by atoms with Gasteiger partial charge in [-0.1, -0.05) is 29.8 Å². The van der Waals surface area contributed by atoms with Gasteiger partial charge >= 0.3 is 0 Å². The first kappa shape index (κ1) is 23.3. The minimum absolute atomic E-state index is 0.0940. The summed E-state index contributed by atoms with van der Waals surface area (Å²) >= 11 is 6.12. The summed E-state index contributed by atoms with van der Waals surface area (Å²) in [7, 11) is 0. The molecule has 12 heteroatoms. The maximum absolute atomic E-state index is 13.7. The van der Waals surface area contributed by atoms with Gasteiger partial charge in [-0.2, -0.15) is 13.9 Å². The summed E-state index contributed by atoms with van der Waals surface area (Å²) in [5, 5.41) is 7.26. The molecule has 0 bridgehead atoms. The third kappa shape index (κ3) is 4.74. The summed E-state index contributed by atoms with van der Waals surface area (Å²) in [4.78, 5) is 12.4. The summed E-state index contributed by atoms with van der Waals surface area (Å²) in [5.74, 6) is -13.2. The molecule has 2 heterocycles. The molecule has 34 heavy (non-hydrogen) atoms. The van der Waals surface area contributed by atoms with Gasteiger partial charge < -0.3 is 14.5 Å². The largest absolute Gasteiger partial charge is 0.479 e. The second kappa shape index (κ2) is 9.56. The highest BCUT2D eigenvalue weighted by atomic mass is 35.5. The molecule has 1 amide bonds. The van der Waals surface area contributed by atoms with Gasteiger partial charge in [0, 0.05) is 11.2 Å². The Morgan fingerprint density at radius 2 is 1.68 bits per heavy atom. The molecule has 176 valence electrons. The lowest BCUT2D eigenvalue weighted by Gasteiger charge is -2.09. The zero-order valence-electron chi connectivity index (χ0n) is 16.9. The Kier molecular flexibility index (Phi) is 6.55. The minimum atomic E-state index is -2.30. The lowest BCUT2D eigenvalue weighted by molar-refractivity contribution is 0.0992. The highest BCUT2D eigenvalue weighted by molar-refractivity contribution is 6.31. The van der Waals surface area contributed by atoms with Gasteiger partial charge in [-0.05, 0) is 23.8 Å². The summed E-state index contributed by atoms with van der Waals surface area (Å²) in [6.07, 6.45) is 2.97. The fraction of sp³-hybridized carbons (Fsp3) is 0.0909. The quantitative estimate of drug-likeness (QED) is 0.202. The molecule has 0 aliphatic rings. The molecule has 0 aliphatic heterocycles. The number of rotatable bonds is 7. The van der Waals surface area contributed by atoms with E-state index < -0.39 is 47.3 Å². The van der Waals surface area contributed by atoms with E-state index >= 15 is 0 Å². The first-order chi connectivity index (χ1) is 16.2. The number of hydrogen-bond donors (Lipinski definition) is 1. The van der Waals surface area contributed by atoms with E-state index in [2.05, 4.69) is 10.4 Å². The third-order valence-electron chi connectivity index (χ3n) is 4.60. The van der Waals surface area contributed by atoms with Crippen molar-refractivity contribution in [2.45, 2.75) is 13.2 Å². The van der Waals surface area contributed by atoms with E-state index in [4.69, 9.17) is 20.8 Å². The van der Waals surface area contributed by atoms with Crippen molar-refractivity contribution in [2.24, 2.45) is 0 Å². The summed E-state index contributed by atoms with van der Waals surface area (Å²) in [6.45, 7) is -0.323. The summed E-state index contributed by atoms with van der Waals surface area (Å²) in [6, 6.07) is 9.71. The number of benzene rings is 2. The van der Waals surface area contributed by atoms with Crippen LogP contribution in [0.15, 0.2) is 53.2 Å². The van der Waals surface area contributed by atoms with Crippen molar-refractivity contribution >= 4 is 23.2 Å². The van der Waals surface area contributed by atoms with Crippen LogP contribution in [-0.4, -0.2) is 15.7 Å². The molecule has 0 unspecified atom stereocenters. The molecule has 4 aromatic rings. The van der Waals surface area contributed by atoms with Gasteiger partial charge in [0.25, 0.3) is 5.91 Å². The molecule has 2 aromatic heterocycles. The first-order valence-corrected chi connectivity index (χ1v) is 9.92. The van der Waals surface area contributed by atoms with E-state index in [0.29, 0.717) is 17.3 Å². The molecule has 0 spiro atoms. The van der Waals surface area contributed by atoms with Gasteiger partial charge in [-0.25, -0.2) is 13.2 Å². The van der Waals surface area contributed by atoms with E-state index in [1.807, 2.05) is 12.1 Å². The van der Waals surface area contributed by atoms with Crippen LogP contribution >= 0.6 is 11.6 Å². The van der Waals surface area contributed by atoms with Crippen molar-refractivity contribution in [1.29, 1.82) is 0 Å². The molecule has 2 aromatic carbocycles. The molecule has 1 N–H and O–H groups in total. The zero-order valence-corrected chi connectivity index (χ0v) is 17.7. The fourth-order valence-corrected chi connectivity index (χ4v) is 3.14. The Labute approximate surface area is 193 Å². The number of halogens is 6. The van der Waals surface area contributed by atoms with Crippen LogP contribution in [-0.2, 0) is 13.2 Å². The smallest absolute Gasteiger partial charge is 0.291 e. The number of anilines is 1. The normalized spacial score (nSPS) is 11.0. The van der Waals surface area contributed by atoms with Crippen LogP contribution in [0.1, 0.15) is 21.9 Å². The van der Waals surface area contributed by atoms with Gasteiger partial charge in [0.1, 0.15) is 12.4 Å². The van der Waals surface area contributed by atoms with Crippen LogP contribution in [0.3, 0.4) is 0 Å². The van der Waals surface area contributed by atoms with Crippen LogP contribution in [0.2, 0.25) is 5.02 Å². The topological polar surface area (TPSA) is 69.3 Å². The maximum atomic E-state index is 13.7. The van der Waals surface area contributed by atoms with E-state index in [-0.39, 0.29) is 11.5 Å². The zero-order chi connectivity index (χ0) is 24.4. The number of hydrogen-bond acceptors (Lipinski definition) is 4. The van der Waals surface area contributed by atoms with Gasteiger partial charge in [-0.15, -0.1) is 0 Å². The molecule has 0 aliphatic carbocycles. The van der Waals surface area contributed by atoms with Gasteiger partial charge in [-0.3, -0.25) is 9.48 Å².